The number of likely N-dealkylation sites (tertiary alicyclic amines) is 1. The van der Waals surface area contributed by atoms with Crippen molar-refractivity contribution in [3.05, 3.63) is 0 Å². The van der Waals surface area contributed by atoms with Crippen LogP contribution in [0.25, 0.3) is 0 Å². The van der Waals surface area contributed by atoms with Crippen molar-refractivity contribution in [1.29, 1.82) is 0 Å². The van der Waals surface area contributed by atoms with Crippen molar-refractivity contribution in [2.45, 2.75) is 70.4 Å². The minimum absolute atomic E-state index is 0.469. The first-order chi connectivity index (χ1) is 9.83. The lowest BCUT2D eigenvalue weighted by molar-refractivity contribution is 0.0230. The molecule has 20 heavy (non-hydrogen) atoms. The SMILES string of the molecule is CCCNC1CCCCCC1CN1CCCC(OC)C1. The Labute approximate surface area is 125 Å². The second-order valence-electron chi connectivity index (χ2n) is 6.72. The largest absolute Gasteiger partial charge is 0.380 e. The molecule has 1 N–H and O–H groups in total. The predicted molar refractivity (Wildman–Crippen MR) is 85.1 cm³/mol. The second-order valence-corrected chi connectivity index (χ2v) is 6.72. The molecule has 0 radical (unpaired) electrons. The average Bonchev–Trinajstić information content (AvgIpc) is 2.70. The summed E-state index contributed by atoms with van der Waals surface area (Å²) in [5.41, 5.74) is 0. The Morgan fingerprint density at radius 2 is 1.95 bits per heavy atom. The Hall–Kier alpha value is -0.120. The number of piperidine rings is 1. The normalized spacial score (nSPS) is 33.0. The summed E-state index contributed by atoms with van der Waals surface area (Å²) < 4.78 is 5.57. The molecule has 0 amide bonds. The molecule has 2 aliphatic rings. The zero-order valence-electron chi connectivity index (χ0n) is 13.6. The molecule has 0 spiro atoms. The van der Waals surface area contributed by atoms with Crippen LogP contribution < -0.4 is 5.32 Å². The van der Waals surface area contributed by atoms with E-state index in [9.17, 15) is 0 Å². The molecule has 1 saturated heterocycles. The van der Waals surface area contributed by atoms with Gasteiger partial charge in [0.25, 0.3) is 0 Å². The number of nitrogens with one attached hydrogen (secondary N) is 1. The first-order valence-electron chi connectivity index (χ1n) is 8.82. The van der Waals surface area contributed by atoms with E-state index in [1.807, 2.05) is 7.11 Å². The van der Waals surface area contributed by atoms with Gasteiger partial charge in [0, 0.05) is 26.2 Å². The van der Waals surface area contributed by atoms with Crippen molar-refractivity contribution in [3.63, 3.8) is 0 Å². The first-order valence-corrected chi connectivity index (χ1v) is 8.82. The second kappa shape index (κ2) is 9.01. The highest BCUT2D eigenvalue weighted by atomic mass is 16.5. The monoisotopic (exact) mass is 282 g/mol. The van der Waals surface area contributed by atoms with Gasteiger partial charge in [-0.05, 0) is 51.1 Å². The van der Waals surface area contributed by atoms with Crippen LogP contribution in [0.1, 0.15) is 58.3 Å². The molecule has 3 atom stereocenters. The number of rotatable bonds is 6. The van der Waals surface area contributed by atoms with Gasteiger partial charge in [-0.1, -0.05) is 26.2 Å². The highest BCUT2D eigenvalue weighted by molar-refractivity contribution is 4.84. The molecule has 0 aromatic heterocycles. The van der Waals surface area contributed by atoms with Gasteiger partial charge in [0.15, 0.2) is 0 Å². The van der Waals surface area contributed by atoms with Crippen LogP contribution in [0.4, 0.5) is 0 Å². The van der Waals surface area contributed by atoms with Crippen LogP contribution >= 0.6 is 0 Å². The first kappa shape index (κ1) is 16.3. The smallest absolute Gasteiger partial charge is 0.0698 e. The van der Waals surface area contributed by atoms with Gasteiger partial charge in [0.05, 0.1) is 6.10 Å². The minimum atomic E-state index is 0.469. The highest BCUT2D eigenvalue weighted by Crippen LogP contribution is 2.26. The van der Waals surface area contributed by atoms with Gasteiger partial charge in [-0.15, -0.1) is 0 Å². The van der Waals surface area contributed by atoms with E-state index in [0.29, 0.717) is 6.10 Å². The van der Waals surface area contributed by atoms with Crippen molar-refractivity contribution < 1.29 is 4.74 Å². The Kier molecular flexibility index (Phi) is 7.32. The maximum atomic E-state index is 5.57. The number of nitrogens with zero attached hydrogens (tertiary/aromatic N) is 1. The number of hydrogen-bond acceptors (Lipinski definition) is 3. The Morgan fingerprint density at radius 1 is 1.10 bits per heavy atom. The summed E-state index contributed by atoms with van der Waals surface area (Å²) >= 11 is 0. The van der Waals surface area contributed by atoms with E-state index < -0.39 is 0 Å². The summed E-state index contributed by atoms with van der Waals surface area (Å²) in [5, 5.41) is 3.82. The van der Waals surface area contributed by atoms with Crippen molar-refractivity contribution in [3.8, 4) is 0 Å². The van der Waals surface area contributed by atoms with Crippen molar-refractivity contribution in [2.24, 2.45) is 5.92 Å². The molecule has 3 unspecified atom stereocenters. The van der Waals surface area contributed by atoms with Gasteiger partial charge in [0.2, 0.25) is 0 Å². The summed E-state index contributed by atoms with van der Waals surface area (Å²) in [4.78, 5) is 2.66. The van der Waals surface area contributed by atoms with Gasteiger partial charge >= 0.3 is 0 Å². The van der Waals surface area contributed by atoms with Crippen LogP contribution in [0.3, 0.4) is 0 Å². The van der Waals surface area contributed by atoms with Gasteiger partial charge in [0.1, 0.15) is 0 Å². The van der Waals surface area contributed by atoms with E-state index in [-0.39, 0.29) is 0 Å². The molecule has 2 fully saturated rings. The van der Waals surface area contributed by atoms with Gasteiger partial charge in [-0.3, -0.25) is 0 Å². The zero-order chi connectivity index (χ0) is 14.2. The molecular weight excluding hydrogens is 248 g/mol. The highest BCUT2D eigenvalue weighted by Gasteiger charge is 2.27. The molecule has 1 aliphatic heterocycles. The fourth-order valence-corrected chi connectivity index (χ4v) is 3.90. The molecule has 1 saturated carbocycles. The number of hydrogen-bond donors (Lipinski definition) is 1. The van der Waals surface area contributed by atoms with Crippen LogP contribution in [0, 0.1) is 5.92 Å². The standard InChI is InChI=1S/C17H34N2O/c1-3-11-18-17-10-6-4-5-8-15(17)13-19-12-7-9-16(14-19)20-2/h15-18H,3-14H2,1-2H3. The number of ether oxygens (including phenoxy) is 1. The lowest BCUT2D eigenvalue weighted by Crippen LogP contribution is -2.46. The topological polar surface area (TPSA) is 24.5 Å². The fraction of sp³-hybridized carbons (Fsp3) is 1.00. The minimum Gasteiger partial charge on any atom is -0.380 e. The predicted octanol–water partition coefficient (Wildman–Crippen LogP) is 3.05. The van der Waals surface area contributed by atoms with Crippen molar-refractivity contribution in [1.82, 2.24) is 10.2 Å². The average molecular weight is 282 g/mol. The van der Waals surface area contributed by atoms with Gasteiger partial charge < -0.3 is 15.0 Å². The molecule has 2 rings (SSSR count). The summed E-state index contributed by atoms with van der Waals surface area (Å²) in [7, 11) is 1.87. The van der Waals surface area contributed by atoms with E-state index in [2.05, 4.69) is 17.1 Å². The van der Waals surface area contributed by atoms with Crippen molar-refractivity contribution >= 4 is 0 Å². The van der Waals surface area contributed by atoms with E-state index in [1.54, 1.807) is 0 Å². The molecular formula is C17H34N2O. The maximum Gasteiger partial charge on any atom is 0.0698 e. The number of methoxy groups -OCH3 is 1. The Bertz CT molecular complexity index is 259. The Balaban J connectivity index is 1.85. The molecule has 3 nitrogen and oxygen atoms in total. The lowest BCUT2D eigenvalue weighted by atomic mass is 9.93. The van der Waals surface area contributed by atoms with Crippen LogP contribution in [0.15, 0.2) is 0 Å². The zero-order valence-corrected chi connectivity index (χ0v) is 13.6. The van der Waals surface area contributed by atoms with Gasteiger partial charge in [-0.2, -0.15) is 0 Å². The van der Waals surface area contributed by atoms with Crippen molar-refractivity contribution in [2.75, 3.05) is 33.3 Å². The molecule has 0 bridgehead atoms. The summed E-state index contributed by atoms with van der Waals surface area (Å²) in [6.07, 6.45) is 11.3. The summed E-state index contributed by atoms with van der Waals surface area (Å²) in [6.45, 7) is 7.15. The fourth-order valence-electron chi connectivity index (χ4n) is 3.90. The lowest BCUT2D eigenvalue weighted by Gasteiger charge is -2.36. The third-order valence-electron chi connectivity index (χ3n) is 5.10. The van der Waals surface area contributed by atoms with Crippen LogP contribution in [-0.4, -0.2) is 50.3 Å². The molecule has 1 heterocycles. The van der Waals surface area contributed by atoms with Crippen LogP contribution in [0.5, 0.6) is 0 Å². The third kappa shape index (κ3) is 5.01. The molecule has 3 heteroatoms. The Morgan fingerprint density at radius 3 is 2.75 bits per heavy atom. The molecule has 0 aromatic carbocycles. The quantitative estimate of drug-likeness (QED) is 0.758. The van der Waals surface area contributed by atoms with E-state index in [1.165, 1.54) is 71.0 Å². The van der Waals surface area contributed by atoms with Crippen LogP contribution in [0.2, 0.25) is 0 Å². The van der Waals surface area contributed by atoms with E-state index in [0.717, 1.165) is 18.5 Å². The van der Waals surface area contributed by atoms with E-state index in [4.69, 9.17) is 4.74 Å². The molecule has 0 aromatic rings. The maximum absolute atomic E-state index is 5.57. The van der Waals surface area contributed by atoms with E-state index >= 15 is 0 Å². The molecule has 1 aliphatic carbocycles. The molecule has 118 valence electrons. The van der Waals surface area contributed by atoms with Crippen LogP contribution in [-0.2, 0) is 4.74 Å². The van der Waals surface area contributed by atoms with Gasteiger partial charge in [-0.25, -0.2) is 0 Å². The summed E-state index contributed by atoms with van der Waals surface area (Å²) in [6, 6.07) is 0.750. The summed E-state index contributed by atoms with van der Waals surface area (Å²) in [5.74, 6) is 0.847. The third-order valence-corrected chi connectivity index (χ3v) is 5.10.